The van der Waals surface area contributed by atoms with E-state index in [0.29, 0.717) is 31.4 Å². The van der Waals surface area contributed by atoms with Crippen LogP contribution in [0.15, 0.2) is 36.5 Å². The number of carboxylic acid groups (broad SMARTS) is 1. The van der Waals surface area contributed by atoms with Crippen LogP contribution in [0.25, 0.3) is 0 Å². The Morgan fingerprint density at radius 1 is 1.29 bits per heavy atom. The second-order valence-electron chi connectivity index (χ2n) is 6.27. The van der Waals surface area contributed by atoms with E-state index < -0.39 is 11.4 Å². The number of benzene rings is 1. The first-order valence-corrected chi connectivity index (χ1v) is 8.16. The van der Waals surface area contributed by atoms with E-state index in [2.05, 4.69) is 10.4 Å². The second kappa shape index (κ2) is 6.47. The molecule has 1 saturated carbocycles. The molecule has 0 radical (unpaired) electrons. The van der Waals surface area contributed by atoms with Crippen molar-refractivity contribution in [3.05, 3.63) is 53.3 Å². The molecule has 6 heteroatoms. The van der Waals surface area contributed by atoms with Gasteiger partial charge in [0.05, 0.1) is 29.4 Å². The molecule has 0 saturated heterocycles. The Morgan fingerprint density at radius 3 is 2.58 bits per heavy atom. The summed E-state index contributed by atoms with van der Waals surface area (Å²) in [4.78, 5) is 23.6. The SMILES string of the molecule is CCc1c(C(=O)NCC2(C(=O)O)CC2)cnn1Cc1ccccc1. The predicted octanol–water partition coefficient (Wildman–Crippen LogP) is 2.09. The monoisotopic (exact) mass is 327 g/mol. The second-order valence-corrected chi connectivity index (χ2v) is 6.27. The molecule has 0 aliphatic heterocycles. The molecule has 3 rings (SSSR count). The standard InChI is InChI=1S/C18H21N3O3/c1-2-15-14(16(22)19-12-18(8-9-18)17(23)24)10-20-21(15)11-13-6-4-3-5-7-13/h3-7,10H,2,8-9,11-12H2,1H3,(H,19,22)(H,23,24). The van der Waals surface area contributed by atoms with Crippen molar-refractivity contribution < 1.29 is 14.7 Å². The average molecular weight is 327 g/mol. The fraction of sp³-hybridized carbons (Fsp3) is 0.389. The molecule has 2 aromatic rings. The number of carboxylic acids is 1. The van der Waals surface area contributed by atoms with Crippen molar-refractivity contribution in [1.82, 2.24) is 15.1 Å². The quantitative estimate of drug-likeness (QED) is 0.815. The zero-order valence-corrected chi connectivity index (χ0v) is 13.7. The van der Waals surface area contributed by atoms with Gasteiger partial charge in [0.15, 0.2) is 0 Å². The average Bonchev–Trinajstić information content (AvgIpc) is 3.28. The van der Waals surface area contributed by atoms with Crippen molar-refractivity contribution in [3.8, 4) is 0 Å². The van der Waals surface area contributed by atoms with Gasteiger partial charge in [0, 0.05) is 6.54 Å². The molecule has 24 heavy (non-hydrogen) atoms. The van der Waals surface area contributed by atoms with E-state index in [9.17, 15) is 14.7 Å². The molecule has 1 amide bonds. The van der Waals surface area contributed by atoms with Crippen LogP contribution in [0, 0.1) is 5.41 Å². The molecule has 1 fully saturated rings. The van der Waals surface area contributed by atoms with Crippen LogP contribution in [-0.2, 0) is 17.8 Å². The van der Waals surface area contributed by atoms with Gasteiger partial charge < -0.3 is 10.4 Å². The summed E-state index contributed by atoms with van der Waals surface area (Å²) in [5.74, 6) is -1.09. The van der Waals surface area contributed by atoms with Gasteiger partial charge in [0.25, 0.3) is 5.91 Å². The van der Waals surface area contributed by atoms with Crippen molar-refractivity contribution in [2.24, 2.45) is 5.41 Å². The van der Waals surface area contributed by atoms with Gasteiger partial charge in [-0.05, 0) is 24.8 Å². The first-order chi connectivity index (χ1) is 11.6. The van der Waals surface area contributed by atoms with Crippen LogP contribution in [0.2, 0.25) is 0 Å². The number of amides is 1. The van der Waals surface area contributed by atoms with E-state index in [4.69, 9.17) is 0 Å². The Labute approximate surface area is 140 Å². The van der Waals surface area contributed by atoms with Crippen LogP contribution in [0.3, 0.4) is 0 Å². The van der Waals surface area contributed by atoms with Crippen molar-refractivity contribution in [3.63, 3.8) is 0 Å². The van der Waals surface area contributed by atoms with Crippen molar-refractivity contribution in [2.45, 2.75) is 32.7 Å². The fourth-order valence-electron chi connectivity index (χ4n) is 2.83. The molecule has 1 aromatic heterocycles. The number of hydrogen-bond acceptors (Lipinski definition) is 3. The molecule has 126 valence electrons. The van der Waals surface area contributed by atoms with Gasteiger partial charge in [0.2, 0.25) is 0 Å². The number of carbonyl (C=O) groups is 2. The minimum atomic E-state index is -0.835. The van der Waals surface area contributed by atoms with E-state index in [1.807, 2.05) is 41.9 Å². The largest absolute Gasteiger partial charge is 0.481 e. The zero-order valence-electron chi connectivity index (χ0n) is 13.7. The summed E-state index contributed by atoms with van der Waals surface area (Å²) >= 11 is 0. The summed E-state index contributed by atoms with van der Waals surface area (Å²) in [6.07, 6.45) is 3.49. The minimum Gasteiger partial charge on any atom is -0.481 e. The highest BCUT2D eigenvalue weighted by atomic mass is 16.4. The van der Waals surface area contributed by atoms with Gasteiger partial charge in [-0.2, -0.15) is 5.10 Å². The van der Waals surface area contributed by atoms with Gasteiger partial charge in [0.1, 0.15) is 0 Å². The normalized spacial score (nSPS) is 15.0. The van der Waals surface area contributed by atoms with Crippen LogP contribution in [0.1, 0.15) is 41.4 Å². The van der Waals surface area contributed by atoms with E-state index in [1.54, 1.807) is 6.20 Å². The van der Waals surface area contributed by atoms with Crippen LogP contribution >= 0.6 is 0 Å². The van der Waals surface area contributed by atoms with Crippen molar-refractivity contribution in [2.75, 3.05) is 6.54 Å². The van der Waals surface area contributed by atoms with Gasteiger partial charge in [-0.3, -0.25) is 14.3 Å². The van der Waals surface area contributed by atoms with E-state index >= 15 is 0 Å². The number of rotatable bonds is 7. The highest BCUT2D eigenvalue weighted by Gasteiger charge is 2.50. The third-order valence-electron chi connectivity index (χ3n) is 4.60. The zero-order chi connectivity index (χ0) is 17.2. The minimum absolute atomic E-state index is 0.175. The molecule has 1 aromatic carbocycles. The Bertz CT molecular complexity index is 748. The molecule has 2 N–H and O–H groups in total. The highest BCUT2D eigenvalue weighted by molar-refractivity contribution is 5.95. The molecule has 0 bridgehead atoms. The van der Waals surface area contributed by atoms with Crippen molar-refractivity contribution >= 4 is 11.9 Å². The topological polar surface area (TPSA) is 84.2 Å². The summed E-state index contributed by atoms with van der Waals surface area (Å²) in [7, 11) is 0. The third-order valence-corrected chi connectivity index (χ3v) is 4.60. The molecule has 1 aliphatic carbocycles. The Hall–Kier alpha value is -2.63. The third kappa shape index (κ3) is 3.18. The Kier molecular flexibility index (Phi) is 4.38. The summed E-state index contributed by atoms with van der Waals surface area (Å²) in [5.41, 5.74) is 1.73. The summed E-state index contributed by atoms with van der Waals surface area (Å²) in [5, 5.41) is 16.3. The highest BCUT2D eigenvalue weighted by Crippen LogP contribution is 2.45. The number of carbonyl (C=O) groups excluding carboxylic acids is 1. The van der Waals surface area contributed by atoms with Gasteiger partial charge in [-0.15, -0.1) is 0 Å². The van der Waals surface area contributed by atoms with Crippen molar-refractivity contribution in [1.29, 1.82) is 0 Å². The maximum Gasteiger partial charge on any atom is 0.311 e. The van der Waals surface area contributed by atoms with E-state index in [1.165, 1.54) is 0 Å². The van der Waals surface area contributed by atoms with Crippen LogP contribution < -0.4 is 5.32 Å². The maximum absolute atomic E-state index is 12.4. The smallest absolute Gasteiger partial charge is 0.311 e. The lowest BCUT2D eigenvalue weighted by Crippen LogP contribution is -2.34. The molecule has 1 aliphatic rings. The van der Waals surface area contributed by atoms with Gasteiger partial charge >= 0.3 is 5.97 Å². The number of nitrogens with one attached hydrogen (secondary N) is 1. The summed E-state index contributed by atoms with van der Waals surface area (Å²) in [6, 6.07) is 9.94. The van der Waals surface area contributed by atoms with Gasteiger partial charge in [-0.1, -0.05) is 37.3 Å². The Morgan fingerprint density at radius 2 is 2.00 bits per heavy atom. The summed E-state index contributed by atoms with van der Waals surface area (Å²) < 4.78 is 1.83. The van der Waals surface area contributed by atoms with Gasteiger partial charge in [-0.25, -0.2) is 0 Å². The first-order valence-electron chi connectivity index (χ1n) is 8.16. The van der Waals surface area contributed by atoms with E-state index in [-0.39, 0.29) is 12.5 Å². The lowest BCUT2D eigenvalue weighted by Gasteiger charge is -2.12. The van der Waals surface area contributed by atoms with Crippen LogP contribution in [0.4, 0.5) is 0 Å². The Balaban J connectivity index is 1.71. The molecular formula is C18H21N3O3. The van der Waals surface area contributed by atoms with Crippen LogP contribution in [0.5, 0.6) is 0 Å². The van der Waals surface area contributed by atoms with Crippen LogP contribution in [-0.4, -0.2) is 33.3 Å². The number of hydrogen-bond donors (Lipinski definition) is 2. The maximum atomic E-state index is 12.4. The molecule has 0 spiro atoms. The van der Waals surface area contributed by atoms with E-state index in [0.717, 1.165) is 11.3 Å². The lowest BCUT2D eigenvalue weighted by molar-refractivity contribution is -0.143. The lowest BCUT2D eigenvalue weighted by atomic mass is 10.1. The molecule has 0 unspecified atom stereocenters. The predicted molar refractivity (Wildman–Crippen MR) is 88.8 cm³/mol. The number of nitrogens with zero attached hydrogens (tertiary/aromatic N) is 2. The molecule has 0 atom stereocenters. The molecule has 6 nitrogen and oxygen atoms in total. The first kappa shape index (κ1) is 16.2. The summed E-state index contributed by atoms with van der Waals surface area (Å²) in [6.45, 7) is 2.76. The number of aromatic nitrogens is 2. The number of aliphatic carboxylic acids is 1. The molecule has 1 heterocycles. The molecular weight excluding hydrogens is 306 g/mol. The fourth-order valence-corrected chi connectivity index (χ4v) is 2.83.